The van der Waals surface area contributed by atoms with E-state index in [0.29, 0.717) is 28.9 Å². The van der Waals surface area contributed by atoms with Gasteiger partial charge in [-0.3, -0.25) is 9.59 Å². The van der Waals surface area contributed by atoms with Crippen molar-refractivity contribution in [3.63, 3.8) is 0 Å². The number of halogens is 4. The first kappa shape index (κ1) is 55.3. The molecule has 2 aliphatic carbocycles. The van der Waals surface area contributed by atoms with Crippen LogP contribution in [0.1, 0.15) is 121 Å². The summed E-state index contributed by atoms with van der Waals surface area (Å²) >= 11 is 11.8. The number of nitrogens with zero attached hydrogens (tertiary/aromatic N) is 12. The van der Waals surface area contributed by atoms with E-state index in [1.165, 1.54) is 87.4 Å². The quantitative estimate of drug-likeness (QED) is 0.0980. The first-order valence-electron chi connectivity index (χ1n) is 23.4. The van der Waals surface area contributed by atoms with E-state index in [1.54, 1.807) is 23.9 Å². The van der Waals surface area contributed by atoms with Crippen molar-refractivity contribution in [2.24, 2.45) is 0 Å². The number of ether oxygens (including phenoxy) is 1. The maximum atomic E-state index is 14.5. The van der Waals surface area contributed by atoms with Crippen LogP contribution in [-0.4, -0.2) is 103 Å². The molecule has 0 saturated heterocycles. The second-order valence-corrected chi connectivity index (χ2v) is 18.7. The van der Waals surface area contributed by atoms with Crippen molar-refractivity contribution in [2.45, 2.75) is 70.6 Å². The summed E-state index contributed by atoms with van der Waals surface area (Å²) in [6.45, 7) is 2.02. The topological polar surface area (TPSA) is 288 Å². The molecule has 10 aromatic heterocycles. The number of carbonyl (C=O) groups excluding carboxylic acids is 3. The summed E-state index contributed by atoms with van der Waals surface area (Å²) in [5.41, 5.74) is 6.23. The molecule has 0 radical (unpaired) electrons. The van der Waals surface area contributed by atoms with E-state index in [-0.39, 0.29) is 112 Å². The molecule has 12 rings (SSSR count). The number of carboxylic acids is 1. The summed E-state index contributed by atoms with van der Waals surface area (Å²) in [4.78, 5) is 75.9. The van der Waals surface area contributed by atoms with Crippen LogP contribution in [0.3, 0.4) is 0 Å². The third-order valence-electron chi connectivity index (χ3n) is 12.6. The minimum Gasteiger partial charge on any atom is -0.870 e. The number of hydrogen-bond donors (Lipinski definition) is 3. The first-order valence-corrected chi connectivity index (χ1v) is 24.2. The smallest absolute Gasteiger partial charge is 0.870 e. The molecule has 0 unspecified atom stereocenters. The van der Waals surface area contributed by atoms with Crippen LogP contribution < -0.4 is 29.5 Å². The zero-order valence-corrected chi connectivity index (χ0v) is 42.6. The number of nitrogens with one attached hydrogen (secondary N) is 2. The standard InChI is InChI=1S/C26H23ClFN7O3.C24H19ClFN7O3.Li.2H2O/c1-2-38-26(37)24-32-20(25(36)29-9-19-23-22(28)18(27)7-8-33(23)14-30-19)13-35(24)12-17-11-34-10-16(15-3-4-15)5-6-21(34)31-17;25-16-5-6-31-12-28-17(21(31)20(16)26)7-27-23(34)18-11-33(22(30-18)24(35)36)10-15-9-32-8-14(13-1-2-13)3-4-19(32)29-15;;;/h5-8,10-11,13-15H,2-4,9,12H2,1H3,(H,29,36);3-6,8-9,11-13H,1-2,7,10H2,(H,27,34)(H,35,36);;2*1H2/q;;+1;;/p-1. The van der Waals surface area contributed by atoms with Crippen LogP contribution in [-0.2, 0) is 30.9 Å². The summed E-state index contributed by atoms with van der Waals surface area (Å²) in [5.74, 6) is -3.46. The van der Waals surface area contributed by atoms with Crippen molar-refractivity contribution in [3.8, 4) is 0 Å². The molecule has 2 fully saturated rings. The summed E-state index contributed by atoms with van der Waals surface area (Å²) in [5, 5.41) is 14.8. The molecule has 2 amide bonds. The van der Waals surface area contributed by atoms with Gasteiger partial charge in [-0.15, -0.1) is 0 Å². The number of esters is 1. The normalized spacial score (nSPS) is 12.9. The number of aromatic carboxylic acids is 1. The van der Waals surface area contributed by atoms with Crippen molar-refractivity contribution in [1.29, 1.82) is 0 Å². The maximum Gasteiger partial charge on any atom is 1.00 e. The van der Waals surface area contributed by atoms with E-state index in [9.17, 15) is 33.1 Å². The largest absolute Gasteiger partial charge is 1.00 e. The molecule has 392 valence electrons. The van der Waals surface area contributed by atoms with Gasteiger partial charge >= 0.3 is 30.8 Å². The van der Waals surface area contributed by atoms with Crippen LogP contribution >= 0.6 is 23.2 Å². The molecular weight excluding hydrogens is 1040 g/mol. The molecule has 0 aliphatic heterocycles. The SMILES string of the molecule is CCOC(=O)c1nc(C(=O)NCc2ncn3ccc(Cl)c(F)c23)cn1Cc1cn2cc(C3CC3)ccc2n1.O.O=C(NCc1ncn2ccc(Cl)c(F)c12)c1cn(Cc2cn3cc(C4CC4)ccc3n2)c(C(=O)O)n1.[Li+].[OH-]. The molecule has 22 nitrogen and oxygen atoms in total. The third kappa shape index (κ3) is 11.4. The number of rotatable bonds is 15. The van der Waals surface area contributed by atoms with Gasteiger partial charge in [0.25, 0.3) is 11.8 Å². The first-order chi connectivity index (χ1) is 35.8. The van der Waals surface area contributed by atoms with Crippen LogP contribution in [0, 0.1) is 11.6 Å². The minimum absolute atomic E-state index is 0. The van der Waals surface area contributed by atoms with Gasteiger partial charge in [0.15, 0.2) is 11.6 Å². The predicted octanol–water partition coefficient (Wildman–Crippen LogP) is 3.53. The molecule has 10 heterocycles. The second kappa shape index (κ2) is 22.7. The zero-order valence-electron chi connectivity index (χ0n) is 41.1. The van der Waals surface area contributed by atoms with E-state index < -0.39 is 35.4 Å². The Morgan fingerprint density at radius 2 is 1.09 bits per heavy atom. The summed E-state index contributed by atoms with van der Waals surface area (Å²) in [6, 6.07) is 10.9. The van der Waals surface area contributed by atoms with Crippen molar-refractivity contribution in [3.05, 3.63) is 177 Å². The number of aromatic nitrogens is 12. The zero-order chi connectivity index (χ0) is 51.4. The van der Waals surface area contributed by atoms with E-state index >= 15 is 0 Å². The number of carbonyl (C=O) groups is 4. The van der Waals surface area contributed by atoms with Crippen molar-refractivity contribution in [1.82, 2.24) is 67.3 Å². The molecule has 2 saturated carbocycles. The molecule has 27 heteroatoms. The van der Waals surface area contributed by atoms with Gasteiger partial charge < -0.3 is 58.2 Å². The molecule has 6 N–H and O–H groups in total. The minimum atomic E-state index is -1.27. The molecule has 0 atom stereocenters. The van der Waals surface area contributed by atoms with E-state index in [0.717, 1.165) is 11.3 Å². The number of hydrogen-bond acceptors (Lipinski definition) is 12. The molecule has 0 bridgehead atoms. The van der Waals surface area contributed by atoms with Gasteiger partial charge in [-0.1, -0.05) is 35.3 Å². The average molecular weight is 1090 g/mol. The Morgan fingerprint density at radius 3 is 1.52 bits per heavy atom. The van der Waals surface area contributed by atoms with E-state index in [2.05, 4.69) is 58.9 Å². The Morgan fingerprint density at radius 1 is 0.649 bits per heavy atom. The fourth-order valence-corrected chi connectivity index (χ4v) is 8.99. The molecule has 2 aliphatic rings. The van der Waals surface area contributed by atoms with E-state index in [1.807, 2.05) is 39.5 Å². The number of amides is 2. The Balaban J connectivity index is 0.000000196. The molecular formula is C50H45Cl2F2LiN14O8. The predicted molar refractivity (Wildman–Crippen MR) is 268 cm³/mol. The molecule has 0 spiro atoms. The van der Waals surface area contributed by atoms with Crippen LogP contribution in [0.15, 0.2) is 98.6 Å². The Hall–Kier alpha value is -7.98. The number of fused-ring (bicyclic) bond motifs is 4. The van der Waals surface area contributed by atoms with Gasteiger partial charge in [0.1, 0.15) is 33.7 Å². The Bertz CT molecular complexity index is 3880. The second-order valence-electron chi connectivity index (χ2n) is 17.9. The van der Waals surface area contributed by atoms with Crippen LogP contribution in [0.5, 0.6) is 0 Å². The fourth-order valence-electron chi connectivity index (χ4n) is 8.70. The van der Waals surface area contributed by atoms with Gasteiger partial charge in [0.2, 0.25) is 11.6 Å². The van der Waals surface area contributed by atoms with Gasteiger partial charge in [-0.2, -0.15) is 0 Å². The number of carboxylic acid groups (broad SMARTS) is 1. The average Bonchev–Trinajstić information content (AvgIpc) is 4.07. The van der Waals surface area contributed by atoms with Gasteiger partial charge in [0, 0.05) is 49.6 Å². The van der Waals surface area contributed by atoms with Crippen molar-refractivity contribution >= 4 is 69.3 Å². The van der Waals surface area contributed by atoms with Crippen molar-refractivity contribution < 1.29 is 67.6 Å². The summed E-state index contributed by atoms with van der Waals surface area (Å²) < 4.78 is 43.9. The van der Waals surface area contributed by atoms with Gasteiger partial charge in [-0.25, -0.2) is 48.3 Å². The maximum absolute atomic E-state index is 14.5. The van der Waals surface area contributed by atoms with Crippen LogP contribution in [0.4, 0.5) is 8.78 Å². The molecule has 77 heavy (non-hydrogen) atoms. The van der Waals surface area contributed by atoms with Crippen molar-refractivity contribution in [2.75, 3.05) is 6.61 Å². The van der Waals surface area contributed by atoms with E-state index in [4.69, 9.17) is 27.9 Å². The van der Waals surface area contributed by atoms with Gasteiger partial charge in [-0.05, 0) is 79.8 Å². The molecule has 0 aromatic carbocycles. The Kier molecular flexibility index (Phi) is 16.3. The van der Waals surface area contributed by atoms with Crippen LogP contribution in [0.25, 0.3) is 22.3 Å². The summed E-state index contributed by atoms with van der Waals surface area (Å²) in [7, 11) is 0. The molecule has 10 aromatic rings. The Labute approximate surface area is 456 Å². The fraction of sp³-hybridized carbons (Fsp3) is 0.240. The summed E-state index contributed by atoms with van der Waals surface area (Å²) in [6.07, 6.45) is 21.5. The number of imidazole rings is 6. The number of pyridine rings is 4. The third-order valence-corrected chi connectivity index (χ3v) is 13.2. The van der Waals surface area contributed by atoms with Gasteiger partial charge in [0.05, 0.1) is 78.3 Å². The van der Waals surface area contributed by atoms with Crippen LogP contribution in [0.2, 0.25) is 10.0 Å². The monoisotopic (exact) mass is 1080 g/mol.